The van der Waals surface area contributed by atoms with E-state index in [1.54, 1.807) is 0 Å². The van der Waals surface area contributed by atoms with Crippen LogP contribution in [0, 0.1) is 13.8 Å². The summed E-state index contributed by atoms with van der Waals surface area (Å²) in [6, 6.07) is 6.56. The number of anilines is 3. The van der Waals surface area contributed by atoms with Crippen LogP contribution in [0.3, 0.4) is 0 Å². The van der Waals surface area contributed by atoms with Gasteiger partial charge < -0.3 is 26.0 Å². The molecule has 36 heavy (non-hydrogen) atoms. The van der Waals surface area contributed by atoms with Gasteiger partial charge in [-0.15, -0.1) is 11.3 Å². The van der Waals surface area contributed by atoms with Crippen LogP contribution in [0.2, 0.25) is 0 Å². The van der Waals surface area contributed by atoms with Crippen LogP contribution in [0.4, 0.5) is 17.1 Å². The minimum absolute atomic E-state index is 0.193. The van der Waals surface area contributed by atoms with Gasteiger partial charge in [0.2, 0.25) is 0 Å². The van der Waals surface area contributed by atoms with Crippen molar-refractivity contribution in [2.45, 2.75) is 46.6 Å². The predicted octanol–water partition coefficient (Wildman–Crippen LogP) is 7.89. The van der Waals surface area contributed by atoms with Gasteiger partial charge in [-0.2, -0.15) is 0 Å². The summed E-state index contributed by atoms with van der Waals surface area (Å²) in [5.74, 6) is 0.976. The molecule has 4 rings (SSSR count). The summed E-state index contributed by atoms with van der Waals surface area (Å²) in [6.45, 7) is 8.79. The molecule has 2 aromatic carbocycles. The molecule has 5 nitrogen and oxygen atoms in total. The molecule has 0 radical (unpaired) electrons. The fourth-order valence-electron chi connectivity index (χ4n) is 4.91. The van der Waals surface area contributed by atoms with Crippen molar-refractivity contribution in [1.29, 1.82) is 0 Å². The van der Waals surface area contributed by atoms with Crippen molar-refractivity contribution >= 4 is 44.9 Å². The van der Waals surface area contributed by atoms with Crippen LogP contribution in [-0.4, -0.2) is 27.2 Å². The molecule has 190 valence electrons. The molecule has 1 aromatic heterocycles. The Kier molecular flexibility index (Phi) is 7.94. The van der Waals surface area contributed by atoms with E-state index >= 15 is 0 Å². The smallest absolute Gasteiger partial charge is 0.128 e. The fourth-order valence-corrected chi connectivity index (χ4v) is 6.15. The average molecular weight is 503 g/mol. The maximum atomic E-state index is 6.65. The molecular formula is C30H38N4OS. The molecule has 0 amide bonds. The third-order valence-electron chi connectivity index (χ3n) is 6.81. The molecule has 1 aliphatic rings. The number of ether oxygens (including phenoxy) is 1. The summed E-state index contributed by atoms with van der Waals surface area (Å²) in [7, 11) is 5.92. The molecule has 1 aliphatic heterocycles. The van der Waals surface area contributed by atoms with Gasteiger partial charge in [0.15, 0.2) is 0 Å². The molecule has 0 saturated carbocycles. The third-order valence-corrected chi connectivity index (χ3v) is 7.93. The van der Waals surface area contributed by atoms with Crippen molar-refractivity contribution in [3.8, 4) is 16.2 Å². The summed E-state index contributed by atoms with van der Waals surface area (Å²) < 4.78 is 6.65. The standard InChI is InChI=1S/C30H38N4OS/c1-8-21(9-2)35-25-15-18(3)26(22-13-11-10-12-14-34-22)29-27(25)19(4)36-30(29)28-23(32-6)16-20(31-5)17-24(28)33-7/h10-17,21,31-34H,8-9H2,1-7H3. The van der Waals surface area contributed by atoms with Gasteiger partial charge in [-0.3, -0.25) is 0 Å². The number of fused-ring (bicyclic) bond motifs is 1. The molecule has 0 fully saturated rings. The Balaban J connectivity index is 2.12. The zero-order valence-corrected chi connectivity index (χ0v) is 23.2. The van der Waals surface area contributed by atoms with Crippen molar-refractivity contribution < 1.29 is 4.74 Å². The molecule has 0 aliphatic carbocycles. The van der Waals surface area contributed by atoms with E-state index in [-0.39, 0.29) is 6.10 Å². The average Bonchev–Trinajstić information content (AvgIpc) is 3.05. The number of aryl methyl sites for hydroxylation is 2. The quantitative estimate of drug-likeness (QED) is 0.240. The molecule has 6 heteroatoms. The zero-order chi connectivity index (χ0) is 25.8. The van der Waals surface area contributed by atoms with E-state index in [4.69, 9.17) is 4.74 Å². The Morgan fingerprint density at radius 3 is 2.17 bits per heavy atom. The van der Waals surface area contributed by atoms with Crippen LogP contribution < -0.4 is 26.0 Å². The predicted molar refractivity (Wildman–Crippen MR) is 160 cm³/mol. The second-order valence-corrected chi connectivity index (χ2v) is 10.3. The van der Waals surface area contributed by atoms with Crippen molar-refractivity contribution in [1.82, 2.24) is 5.32 Å². The van der Waals surface area contributed by atoms with Gasteiger partial charge in [-0.1, -0.05) is 26.0 Å². The SMILES string of the molecule is CCC(CC)Oc1cc(C)c(C2=CC=CC=CN2)c2c(-c3c(NC)cc(NC)cc3NC)sc(C)c12. The molecule has 0 saturated heterocycles. The number of rotatable bonds is 9. The first-order valence-corrected chi connectivity index (χ1v) is 13.5. The molecule has 4 N–H and O–H groups in total. The van der Waals surface area contributed by atoms with E-state index in [1.165, 1.54) is 37.2 Å². The molecule has 0 bridgehead atoms. The lowest BCUT2D eigenvalue weighted by molar-refractivity contribution is 0.195. The first kappa shape index (κ1) is 25.7. The number of benzene rings is 2. The maximum Gasteiger partial charge on any atom is 0.128 e. The lowest BCUT2D eigenvalue weighted by atomic mass is 9.93. The van der Waals surface area contributed by atoms with E-state index in [2.05, 4.69) is 79.3 Å². The maximum absolute atomic E-state index is 6.65. The van der Waals surface area contributed by atoms with Gasteiger partial charge in [-0.05, 0) is 62.6 Å². The van der Waals surface area contributed by atoms with Crippen molar-refractivity contribution in [2.75, 3.05) is 37.1 Å². The highest BCUT2D eigenvalue weighted by Gasteiger charge is 2.26. The highest BCUT2D eigenvalue weighted by atomic mass is 32.1. The third kappa shape index (κ3) is 4.70. The number of thiophene rings is 1. The Hall–Kier alpha value is -3.38. The lowest BCUT2D eigenvalue weighted by Crippen LogP contribution is -2.14. The largest absolute Gasteiger partial charge is 0.490 e. The summed E-state index contributed by atoms with van der Waals surface area (Å²) in [4.78, 5) is 2.48. The van der Waals surface area contributed by atoms with E-state index < -0.39 is 0 Å². The second-order valence-electron chi connectivity index (χ2n) is 9.03. The van der Waals surface area contributed by atoms with Crippen molar-refractivity contribution in [3.63, 3.8) is 0 Å². The number of nitrogens with one attached hydrogen (secondary N) is 4. The molecule has 0 spiro atoms. The van der Waals surface area contributed by atoms with Crippen LogP contribution >= 0.6 is 11.3 Å². The molecule has 3 aromatic rings. The number of hydrogen-bond donors (Lipinski definition) is 4. The first-order valence-electron chi connectivity index (χ1n) is 12.7. The minimum Gasteiger partial charge on any atom is -0.490 e. The van der Waals surface area contributed by atoms with E-state index in [1.807, 2.05) is 50.8 Å². The van der Waals surface area contributed by atoms with Gasteiger partial charge in [0.1, 0.15) is 5.75 Å². The summed E-state index contributed by atoms with van der Waals surface area (Å²) in [5.41, 5.74) is 7.86. The van der Waals surface area contributed by atoms with Crippen LogP contribution in [0.5, 0.6) is 5.75 Å². The van der Waals surface area contributed by atoms with Crippen molar-refractivity contribution in [2.24, 2.45) is 0 Å². The van der Waals surface area contributed by atoms with Gasteiger partial charge >= 0.3 is 0 Å². The van der Waals surface area contributed by atoms with Gasteiger partial charge in [0.25, 0.3) is 0 Å². The minimum atomic E-state index is 0.193. The zero-order valence-electron chi connectivity index (χ0n) is 22.4. The van der Waals surface area contributed by atoms with Gasteiger partial charge in [0, 0.05) is 81.8 Å². The highest BCUT2D eigenvalue weighted by molar-refractivity contribution is 7.17. The van der Waals surface area contributed by atoms with Gasteiger partial charge in [-0.25, -0.2) is 0 Å². The summed E-state index contributed by atoms with van der Waals surface area (Å²) in [6.07, 6.45) is 12.5. The topological polar surface area (TPSA) is 57.4 Å². The molecule has 0 unspecified atom stereocenters. The van der Waals surface area contributed by atoms with Crippen LogP contribution in [-0.2, 0) is 0 Å². The fraction of sp³-hybridized carbons (Fsp3) is 0.333. The number of hydrogen-bond acceptors (Lipinski definition) is 6. The molecule has 0 atom stereocenters. The second kappa shape index (κ2) is 11.1. The van der Waals surface area contributed by atoms with Crippen molar-refractivity contribution in [3.05, 3.63) is 64.7 Å². The van der Waals surface area contributed by atoms with E-state index in [0.717, 1.165) is 41.4 Å². The molecular weight excluding hydrogens is 464 g/mol. The van der Waals surface area contributed by atoms with E-state index in [0.29, 0.717) is 0 Å². The Labute approximate surface area is 219 Å². The normalized spacial score (nSPS) is 12.9. The van der Waals surface area contributed by atoms with Crippen LogP contribution in [0.25, 0.3) is 26.9 Å². The van der Waals surface area contributed by atoms with Gasteiger partial charge in [0.05, 0.1) is 6.10 Å². The first-order chi connectivity index (χ1) is 17.5. The molecule has 2 heterocycles. The number of allylic oxidation sites excluding steroid dienone is 4. The van der Waals surface area contributed by atoms with Crippen LogP contribution in [0.15, 0.2) is 48.7 Å². The Morgan fingerprint density at radius 2 is 1.56 bits per heavy atom. The lowest BCUT2D eigenvalue weighted by Gasteiger charge is -2.21. The summed E-state index contributed by atoms with van der Waals surface area (Å²) >= 11 is 1.83. The Bertz CT molecular complexity index is 1320. The highest BCUT2D eigenvalue weighted by Crippen LogP contribution is 2.51. The monoisotopic (exact) mass is 502 g/mol. The summed E-state index contributed by atoms with van der Waals surface area (Å²) in [5, 5.41) is 16.1. The Morgan fingerprint density at radius 1 is 0.861 bits per heavy atom. The van der Waals surface area contributed by atoms with E-state index in [9.17, 15) is 0 Å². The van der Waals surface area contributed by atoms with Crippen LogP contribution in [0.1, 0.15) is 42.7 Å².